The number of hydrogen-bond acceptors (Lipinski definition) is 4. The molecule has 0 aliphatic rings. The summed E-state index contributed by atoms with van der Waals surface area (Å²) in [5.41, 5.74) is 1.63. The van der Waals surface area contributed by atoms with E-state index in [4.69, 9.17) is 16.0 Å². The minimum absolute atomic E-state index is 0.115. The van der Waals surface area contributed by atoms with E-state index in [1.165, 1.54) is 0 Å². The molecule has 2 aromatic heterocycles. The van der Waals surface area contributed by atoms with E-state index in [1.54, 1.807) is 30.7 Å². The fourth-order valence-electron chi connectivity index (χ4n) is 2.11. The predicted molar refractivity (Wildman–Crippen MR) is 85.8 cm³/mol. The molecule has 112 valence electrons. The third-order valence-electron chi connectivity index (χ3n) is 3.18. The topological polar surface area (TPSA) is 67.2 Å². The normalized spacial score (nSPS) is 10.6. The number of aromatic nitrogens is 1. The summed E-state index contributed by atoms with van der Waals surface area (Å²) in [5.74, 6) is 0.604. The van der Waals surface area contributed by atoms with E-state index in [0.717, 1.165) is 22.4 Å². The minimum Gasteiger partial charge on any atom is -0.467 e. The summed E-state index contributed by atoms with van der Waals surface area (Å²) in [6, 6.07) is 10.9. The predicted octanol–water partition coefficient (Wildman–Crippen LogP) is 3.21. The lowest BCUT2D eigenvalue weighted by atomic mass is 10.2. The van der Waals surface area contributed by atoms with Gasteiger partial charge in [0.2, 0.25) is 5.91 Å². The third-order valence-corrected chi connectivity index (χ3v) is 3.42. The van der Waals surface area contributed by atoms with Crippen LogP contribution in [0.25, 0.3) is 10.9 Å². The number of furan rings is 1. The van der Waals surface area contributed by atoms with Crippen LogP contribution in [-0.2, 0) is 11.3 Å². The summed E-state index contributed by atoms with van der Waals surface area (Å²) < 4.78 is 5.16. The van der Waals surface area contributed by atoms with Crippen LogP contribution in [0.15, 0.2) is 53.3 Å². The van der Waals surface area contributed by atoms with Crippen LogP contribution >= 0.6 is 11.6 Å². The maximum Gasteiger partial charge on any atom is 0.239 e. The Hall–Kier alpha value is -2.53. The van der Waals surface area contributed by atoms with Gasteiger partial charge in [-0.1, -0.05) is 11.6 Å². The average molecular weight is 316 g/mol. The molecule has 1 aromatic carbocycles. The molecule has 0 bridgehead atoms. The standard InChI is InChI=1S/C16H14ClN3O2/c17-11-3-4-13-14(5-6-18-15(13)8-11)19-10-16(21)20-9-12-2-1-7-22-12/h1-8H,9-10H2,(H,18,19)(H,20,21). The van der Waals surface area contributed by atoms with Crippen molar-refractivity contribution in [3.8, 4) is 0 Å². The third kappa shape index (κ3) is 3.38. The second-order valence-corrected chi connectivity index (χ2v) is 5.17. The molecule has 6 heteroatoms. The molecule has 0 fully saturated rings. The first-order valence-corrected chi connectivity index (χ1v) is 7.17. The molecular weight excluding hydrogens is 302 g/mol. The summed E-state index contributed by atoms with van der Waals surface area (Å²) in [7, 11) is 0. The summed E-state index contributed by atoms with van der Waals surface area (Å²) in [6.45, 7) is 0.544. The lowest BCUT2D eigenvalue weighted by molar-refractivity contribution is -0.119. The van der Waals surface area contributed by atoms with Crippen molar-refractivity contribution >= 4 is 34.1 Å². The summed E-state index contributed by atoms with van der Waals surface area (Å²) in [5, 5.41) is 7.45. The first kappa shape index (κ1) is 14.4. The Kier molecular flexibility index (Phi) is 4.25. The van der Waals surface area contributed by atoms with Crippen molar-refractivity contribution in [2.75, 3.05) is 11.9 Å². The van der Waals surface area contributed by atoms with E-state index in [9.17, 15) is 4.79 Å². The van der Waals surface area contributed by atoms with Gasteiger partial charge in [-0.15, -0.1) is 0 Å². The number of hydrogen-bond donors (Lipinski definition) is 2. The number of fused-ring (bicyclic) bond motifs is 1. The maximum absolute atomic E-state index is 11.8. The number of rotatable bonds is 5. The Morgan fingerprint density at radius 3 is 3.00 bits per heavy atom. The number of nitrogens with zero attached hydrogens (tertiary/aromatic N) is 1. The largest absolute Gasteiger partial charge is 0.467 e. The van der Waals surface area contributed by atoms with E-state index in [-0.39, 0.29) is 12.5 Å². The van der Waals surface area contributed by atoms with Crippen LogP contribution < -0.4 is 10.6 Å². The Morgan fingerprint density at radius 2 is 2.18 bits per heavy atom. The molecule has 0 aliphatic heterocycles. The van der Waals surface area contributed by atoms with Gasteiger partial charge >= 0.3 is 0 Å². The van der Waals surface area contributed by atoms with Gasteiger partial charge < -0.3 is 15.1 Å². The van der Waals surface area contributed by atoms with Crippen LogP contribution in [0.1, 0.15) is 5.76 Å². The molecule has 0 radical (unpaired) electrons. The number of carbonyl (C=O) groups excluding carboxylic acids is 1. The van der Waals surface area contributed by atoms with Gasteiger partial charge in [-0.3, -0.25) is 9.78 Å². The second-order valence-electron chi connectivity index (χ2n) is 4.73. The van der Waals surface area contributed by atoms with Crippen LogP contribution in [-0.4, -0.2) is 17.4 Å². The van der Waals surface area contributed by atoms with Gasteiger partial charge in [-0.2, -0.15) is 0 Å². The quantitative estimate of drug-likeness (QED) is 0.758. The smallest absolute Gasteiger partial charge is 0.239 e. The van der Waals surface area contributed by atoms with E-state index >= 15 is 0 Å². The molecule has 0 aliphatic carbocycles. The Morgan fingerprint density at radius 1 is 1.27 bits per heavy atom. The highest BCUT2D eigenvalue weighted by Crippen LogP contribution is 2.24. The molecule has 22 heavy (non-hydrogen) atoms. The Balaban J connectivity index is 1.62. The molecule has 0 saturated heterocycles. The molecule has 0 unspecified atom stereocenters. The summed E-state index contributed by atoms with van der Waals surface area (Å²) >= 11 is 5.96. The molecular formula is C16H14ClN3O2. The molecule has 3 aromatic rings. The van der Waals surface area contributed by atoms with E-state index < -0.39 is 0 Å². The van der Waals surface area contributed by atoms with Crippen molar-refractivity contribution in [3.63, 3.8) is 0 Å². The zero-order chi connectivity index (χ0) is 15.4. The zero-order valence-corrected chi connectivity index (χ0v) is 12.4. The van der Waals surface area contributed by atoms with E-state index in [1.807, 2.05) is 18.2 Å². The lowest BCUT2D eigenvalue weighted by Crippen LogP contribution is -2.29. The Bertz CT molecular complexity index is 787. The number of anilines is 1. The van der Waals surface area contributed by atoms with Crippen LogP contribution in [0.3, 0.4) is 0 Å². The zero-order valence-electron chi connectivity index (χ0n) is 11.7. The van der Waals surface area contributed by atoms with E-state index in [0.29, 0.717) is 11.6 Å². The molecule has 3 rings (SSSR count). The first-order chi connectivity index (χ1) is 10.7. The SMILES string of the molecule is O=C(CNc1ccnc2cc(Cl)ccc12)NCc1ccco1. The summed E-state index contributed by atoms with van der Waals surface area (Å²) in [4.78, 5) is 16.1. The van der Waals surface area contributed by atoms with Gasteiger partial charge in [0.05, 0.1) is 24.9 Å². The highest BCUT2D eigenvalue weighted by Gasteiger charge is 2.06. The molecule has 2 heterocycles. The van der Waals surface area contributed by atoms with Crippen LogP contribution in [0.2, 0.25) is 5.02 Å². The van der Waals surface area contributed by atoms with Crippen molar-refractivity contribution in [1.82, 2.24) is 10.3 Å². The molecule has 1 amide bonds. The van der Waals surface area contributed by atoms with Crippen LogP contribution in [0.4, 0.5) is 5.69 Å². The number of nitrogens with one attached hydrogen (secondary N) is 2. The van der Waals surface area contributed by atoms with Gasteiger partial charge in [0.1, 0.15) is 5.76 Å². The number of benzene rings is 1. The van der Waals surface area contributed by atoms with Gasteiger partial charge in [0.25, 0.3) is 0 Å². The summed E-state index contributed by atoms with van der Waals surface area (Å²) in [6.07, 6.45) is 3.26. The molecule has 2 N–H and O–H groups in total. The first-order valence-electron chi connectivity index (χ1n) is 6.79. The maximum atomic E-state index is 11.8. The van der Waals surface area contributed by atoms with Gasteiger partial charge in [-0.05, 0) is 36.4 Å². The molecule has 0 spiro atoms. The van der Waals surface area contributed by atoms with Crippen LogP contribution in [0.5, 0.6) is 0 Å². The second kappa shape index (κ2) is 6.49. The number of carbonyl (C=O) groups is 1. The van der Waals surface area contributed by atoms with Crippen LogP contribution in [0, 0.1) is 0 Å². The lowest BCUT2D eigenvalue weighted by Gasteiger charge is -2.09. The molecule has 0 atom stereocenters. The average Bonchev–Trinajstić information content (AvgIpc) is 3.04. The van der Waals surface area contributed by atoms with Crippen molar-refractivity contribution < 1.29 is 9.21 Å². The van der Waals surface area contributed by atoms with Crippen molar-refractivity contribution in [2.24, 2.45) is 0 Å². The molecule has 5 nitrogen and oxygen atoms in total. The fourth-order valence-corrected chi connectivity index (χ4v) is 2.28. The molecule has 0 saturated carbocycles. The monoisotopic (exact) mass is 315 g/mol. The van der Waals surface area contributed by atoms with Crippen molar-refractivity contribution in [2.45, 2.75) is 6.54 Å². The number of amides is 1. The van der Waals surface area contributed by atoms with Crippen molar-refractivity contribution in [1.29, 1.82) is 0 Å². The highest BCUT2D eigenvalue weighted by molar-refractivity contribution is 6.31. The highest BCUT2D eigenvalue weighted by atomic mass is 35.5. The number of halogens is 1. The number of pyridine rings is 1. The van der Waals surface area contributed by atoms with Gasteiger partial charge in [0.15, 0.2) is 0 Å². The van der Waals surface area contributed by atoms with Crippen molar-refractivity contribution in [3.05, 3.63) is 59.6 Å². The fraction of sp³-hybridized carbons (Fsp3) is 0.125. The minimum atomic E-state index is -0.115. The van der Waals surface area contributed by atoms with Gasteiger partial charge in [-0.25, -0.2) is 0 Å². The Labute approximate surface area is 132 Å². The van der Waals surface area contributed by atoms with E-state index in [2.05, 4.69) is 15.6 Å². The van der Waals surface area contributed by atoms with Gasteiger partial charge in [0, 0.05) is 22.3 Å².